The molecule has 3 aliphatic heterocycles. The van der Waals surface area contributed by atoms with Gasteiger partial charge in [0.15, 0.2) is 11.5 Å². The average Bonchev–Trinajstić information content (AvgIpc) is 3.13. The molecular weight excluding hydrogens is 310 g/mol. The van der Waals surface area contributed by atoms with E-state index in [2.05, 4.69) is 19.2 Å². The third-order valence-electron chi connectivity index (χ3n) is 6.16. The molecule has 1 aliphatic carbocycles. The standard InChI is InChI=1S/C18H21NO5/c1-19-9-18(20)17(4-3-12(21-2)6-16(17)19)13-7-15-14(22-10-23-15)5-11(13)8-24-18/h3-5,7,12,16,20H,6,8-10H2,1-2H3/p+1/t12-,16-,17+,18+/m1/s1. The van der Waals surface area contributed by atoms with Crippen LogP contribution in [0.4, 0.5) is 0 Å². The van der Waals surface area contributed by atoms with E-state index in [4.69, 9.17) is 18.9 Å². The van der Waals surface area contributed by atoms with E-state index in [1.54, 1.807) is 7.11 Å². The van der Waals surface area contributed by atoms with Crippen LogP contribution in [0, 0.1) is 0 Å². The van der Waals surface area contributed by atoms with Crippen LogP contribution in [0.5, 0.6) is 11.5 Å². The summed E-state index contributed by atoms with van der Waals surface area (Å²) in [5.41, 5.74) is 1.57. The highest BCUT2D eigenvalue weighted by atomic mass is 16.7. The van der Waals surface area contributed by atoms with E-state index in [1.807, 2.05) is 12.1 Å². The van der Waals surface area contributed by atoms with Crippen molar-refractivity contribution in [2.24, 2.45) is 0 Å². The Balaban J connectivity index is 1.74. The van der Waals surface area contributed by atoms with E-state index in [0.717, 1.165) is 29.0 Å². The van der Waals surface area contributed by atoms with Crippen LogP contribution in [0.25, 0.3) is 0 Å². The maximum Gasteiger partial charge on any atom is 0.236 e. The minimum atomic E-state index is -1.21. The van der Waals surface area contributed by atoms with Gasteiger partial charge in [-0.1, -0.05) is 12.2 Å². The second kappa shape index (κ2) is 4.73. The van der Waals surface area contributed by atoms with Gasteiger partial charge in [-0.3, -0.25) is 0 Å². The van der Waals surface area contributed by atoms with Gasteiger partial charge in [0.05, 0.1) is 19.8 Å². The molecule has 1 unspecified atom stereocenters. The zero-order chi connectivity index (χ0) is 16.5. The summed E-state index contributed by atoms with van der Waals surface area (Å²) in [6, 6.07) is 4.21. The lowest BCUT2D eigenvalue weighted by Gasteiger charge is -2.46. The quantitative estimate of drug-likeness (QED) is 0.694. The van der Waals surface area contributed by atoms with E-state index < -0.39 is 11.2 Å². The summed E-state index contributed by atoms with van der Waals surface area (Å²) in [6.45, 7) is 1.17. The fraction of sp³-hybridized carbons (Fsp3) is 0.556. The normalized spacial score (nSPS) is 41.7. The summed E-state index contributed by atoms with van der Waals surface area (Å²) in [4.78, 5) is 1.26. The molecule has 0 saturated carbocycles. The molecule has 5 rings (SSSR count). The summed E-state index contributed by atoms with van der Waals surface area (Å²) < 4.78 is 22.7. The highest BCUT2D eigenvalue weighted by molar-refractivity contribution is 5.55. The number of fused-ring (bicyclic) bond motifs is 2. The smallest absolute Gasteiger partial charge is 0.236 e. The number of likely N-dealkylation sites (N-methyl/N-ethyl adjacent to an activating group) is 1. The minimum absolute atomic E-state index is 0.0670. The maximum atomic E-state index is 11.4. The van der Waals surface area contributed by atoms with Gasteiger partial charge < -0.3 is 29.0 Å². The van der Waals surface area contributed by atoms with Crippen LogP contribution in [0.2, 0.25) is 0 Å². The number of nitrogens with one attached hydrogen (secondary N) is 1. The molecule has 0 amide bonds. The Morgan fingerprint density at radius 2 is 2.08 bits per heavy atom. The van der Waals surface area contributed by atoms with Crippen molar-refractivity contribution in [3.63, 3.8) is 0 Å². The molecule has 5 atom stereocenters. The van der Waals surface area contributed by atoms with Gasteiger partial charge in [0.1, 0.15) is 18.0 Å². The summed E-state index contributed by atoms with van der Waals surface area (Å²) in [6.07, 6.45) is 5.07. The topological polar surface area (TPSA) is 61.6 Å². The zero-order valence-corrected chi connectivity index (χ0v) is 13.9. The monoisotopic (exact) mass is 332 g/mol. The predicted molar refractivity (Wildman–Crippen MR) is 84.1 cm³/mol. The summed E-state index contributed by atoms with van der Waals surface area (Å²) in [7, 11) is 3.84. The van der Waals surface area contributed by atoms with Crippen molar-refractivity contribution in [3.8, 4) is 11.5 Å². The number of benzene rings is 1. The molecule has 1 fully saturated rings. The third-order valence-corrected chi connectivity index (χ3v) is 6.16. The van der Waals surface area contributed by atoms with Crippen molar-refractivity contribution in [2.75, 3.05) is 27.5 Å². The van der Waals surface area contributed by atoms with E-state index >= 15 is 0 Å². The number of ether oxygens (including phenoxy) is 4. The first-order chi connectivity index (χ1) is 11.6. The van der Waals surface area contributed by atoms with Crippen LogP contribution >= 0.6 is 0 Å². The lowest BCUT2D eigenvalue weighted by molar-refractivity contribution is -0.899. The number of rotatable bonds is 1. The summed E-state index contributed by atoms with van der Waals surface area (Å²) >= 11 is 0. The molecule has 24 heavy (non-hydrogen) atoms. The number of methoxy groups -OCH3 is 1. The first kappa shape index (κ1) is 14.7. The van der Waals surface area contributed by atoms with Crippen LogP contribution in [0.15, 0.2) is 24.3 Å². The molecule has 3 heterocycles. The molecule has 1 spiro atoms. The molecule has 6 nitrogen and oxygen atoms in total. The number of hydrogen-bond acceptors (Lipinski definition) is 5. The third kappa shape index (κ3) is 1.64. The number of quaternary nitrogens is 1. The Bertz CT molecular complexity index is 734. The molecule has 1 saturated heterocycles. The average molecular weight is 332 g/mol. The van der Waals surface area contributed by atoms with Crippen LogP contribution in [0.1, 0.15) is 17.5 Å². The summed E-state index contributed by atoms with van der Waals surface area (Å²) in [5.74, 6) is 0.291. The SMILES string of the molecule is CO[C@@H]1C=C[C@@]23c4cc5c(cc4CO[C@@]2(O)C[NH+](C)[C@@H]3C1)OCO5. The van der Waals surface area contributed by atoms with Gasteiger partial charge in [-0.15, -0.1) is 0 Å². The second-order valence-electron chi connectivity index (χ2n) is 7.25. The highest BCUT2D eigenvalue weighted by Crippen LogP contribution is 2.53. The van der Waals surface area contributed by atoms with Gasteiger partial charge in [0.25, 0.3) is 0 Å². The van der Waals surface area contributed by atoms with Crippen LogP contribution < -0.4 is 14.4 Å². The number of hydrogen-bond donors (Lipinski definition) is 2. The van der Waals surface area contributed by atoms with Crippen LogP contribution in [0.3, 0.4) is 0 Å². The molecule has 1 aromatic rings. The molecule has 6 heteroatoms. The predicted octanol–water partition coefficient (Wildman–Crippen LogP) is -0.256. The Hall–Kier alpha value is -1.60. The molecule has 4 aliphatic rings. The Morgan fingerprint density at radius 3 is 2.88 bits per heavy atom. The first-order valence-electron chi connectivity index (χ1n) is 8.41. The highest BCUT2D eigenvalue weighted by Gasteiger charge is 2.69. The van der Waals surface area contributed by atoms with Crippen LogP contribution in [-0.4, -0.2) is 50.5 Å². The molecule has 2 N–H and O–H groups in total. The van der Waals surface area contributed by atoms with Crippen molar-refractivity contribution in [1.82, 2.24) is 0 Å². The van der Waals surface area contributed by atoms with Crippen molar-refractivity contribution >= 4 is 0 Å². The van der Waals surface area contributed by atoms with E-state index in [9.17, 15) is 5.11 Å². The van der Waals surface area contributed by atoms with Gasteiger partial charge >= 0.3 is 0 Å². The van der Waals surface area contributed by atoms with Crippen molar-refractivity contribution < 1.29 is 29.0 Å². The van der Waals surface area contributed by atoms with Gasteiger partial charge in [0.2, 0.25) is 12.6 Å². The fourth-order valence-corrected chi connectivity index (χ4v) is 5.03. The van der Waals surface area contributed by atoms with E-state index in [1.165, 1.54) is 4.90 Å². The van der Waals surface area contributed by atoms with Gasteiger partial charge in [-0.25, -0.2) is 0 Å². The molecule has 0 aromatic heterocycles. The Labute approximate surface area is 140 Å². The Morgan fingerprint density at radius 1 is 1.29 bits per heavy atom. The zero-order valence-electron chi connectivity index (χ0n) is 13.9. The van der Waals surface area contributed by atoms with Crippen LogP contribution in [-0.2, 0) is 21.5 Å². The summed E-state index contributed by atoms with van der Waals surface area (Å²) in [5, 5.41) is 11.4. The van der Waals surface area contributed by atoms with Crippen molar-refractivity contribution in [3.05, 3.63) is 35.4 Å². The fourth-order valence-electron chi connectivity index (χ4n) is 5.03. The van der Waals surface area contributed by atoms with E-state index in [0.29, 0.717) is 13.2 Å². The molecule has 128 valence electrons. The number of likely N-dealkylation sites (tertiary alicyclic amines) is 1. The first-order valence-corrected chi connectivity index (χ1v) is 8.41. The molecule has 0 radical (unpaired) electrons. The maximum absolute atomic E-state index is 11.4. The molecule has 1 aromatic carbocycles. The van der Waals surface area contributed by atoms with Crippen molar-refractivity contribution in [1.29, 1.82) is 0 Å². The largest absolute Gasteiger partial charge is 0.454 e. The van der Waals surface area contributed by atoms with Gasteiger partial charge in [0, 0.05) is 13.5 Å². The van der Waals surface area contributed by atoms with Gasteiger partial charge in [-0.2, -0.15) is 0 Å². The van der Waals surface area contributed by atoms with E-state index in [-0.39, 0.29) is 18.9 Å². The lowest BCUT2D eigenvalue weighted by Crippen LogP contribution is -3.12. The molecular formula is C18H22NO5+. The lowest BCUT2D eigenvalue weighted by atomic mass is 9.64. The molecule has 0 bridgehead atoms. The number of aliphatic hydroxyl groups is 1. The van der Waals surface area contributed by atoms with Gasteiger partial charge in [-0.05, 0) is 23.3 Å². The second-order valence-corrected chi connectivity index (χ2v) is 7.25. The minimum Gasteiger partial charge on any atom is -0.454 e. The van der Waals surface area contributed by atoms with Crippen molar-refractivity contribution in [2.45, 2.75) is 36.4 Å². The Kier molecular flexibility index (Phi) is 2.90.